The number of halogens is 1. The number of nitrogens with one attached hydrogen (secondary N) is 2. The number of aromatic amines is 1. The highest BCUT2D eigenvalue weighted by Gasteiger charge is 2.24. The Balaban J connectivity index is 2.33. The summed E-state index contributed by atoms with van der Waals surface area (Å²) in [5.41, 5.74) is 6.09. The van der Waals surface area contributed by atoms with Crippen LogP contribution in [0, 0.1) is 0 Å². The lowest BCUT2D eigenvalue weighted by Gasteiger charge is -2.16. The van der Waals surface area contributed by atoms with Crippen molar-refractivity contribution >= 4 is 32.7 Å². The van der Waals surface area contributed by atoms with E-state index in [1.165, 1.54) is 12.4 Å². The molecule has 0 amide bonds. The van der Waals surface area contributed by atoms with Crippen LogP contribution in [0.25, 0.3) is 11.0 Å². The van der Waals surface area contributed by atoms with Gasteiger partial charge in [-0.1, -0.05) is 31.4 Å². The van der Waals surface area contributed by atoms with E-state index in [1.807, 2.05) is 6.92 Å². The predicted molar refractivity (Wildman–Crippen MR) is 83.8 cm³/mol. The van der Waals surface area contributed by atoms with Gasteiger partial charge in [0, 0.05) is 25.0 Å². The highest BCUT2D eigenvalue weighted by atomic mass is 35.5. The number of nitrogens with zero attached hydrogens (tertiary/aromatic N) is 1. The molecule has 0 spiro atoms. The second kappa shape index (κ2) is 6.74. The number of fused-ring (bicyclic) bond motifs is 1. The van der Waals surface area contributed by atoms with Crippen LogP contribution in [0.3, 0.4) is 0 Å². The molecule has 1 unspecified atom stereocenters. The van der Waals surface area contributed by atoms with Crippen molar-refractivity contribution in [3.8, 4) is 0 Å². The molecule has 2 rings (SSSR count). The summed E-state index contributed by atoms with van der Waals surface area (Å²) < 4.78 is 27.7. The summed E-state index contributed by atoms with van der Waals surface area (Å²) in [6, 6.07) is 1.28. The summed E-state index contributed by atoms with van der Waals surface area (Å²) in [6.07, 6.45) is 5.54. The number of aromatic nitrogens is 2. The molecule has 1 atom stereocenters. The normalized spacial score (nSPS) is 13.7. The van der Waals surface area contributed by atoms with Crippen molar-refractivity contribution in [1.82, 2.24) is 14.7 Å². The Bertz CT molecular complexity index is 714. The van der Waals surface area contributed by atoms with Gasteiger partial charge in [-0.15, -0.1) is 0 Å². The molecule has 2 heterocycles. The lowest BCUT2D eigenvalue weighted by Crippen LogP contribution is -2.40. The Labute approximate surface area is 129 Å². The van der Waals surface area contributed by atoms with Crippen molar-refractivity contribution in [1.29, 1.82) is 0 Å². The Kier molecular flexibility index (Phi) is 5.21. The van der Waals surface area contributed by atoms with Gasteiger partial charge in [0.15, 0.2) is 0 Å². The number of rotatable bonds is 7. The summed E-state index contributed by atoms with van der Waals surface area (Å²) in [7, 11) is -3.69. The number of sulfonamides is 1. The fraction of sp³-hybridized carbons (Fsp3) is 0.462. The van der Waals surface area contributed by atoms with Crippen LogP contribution in [0.5, 0.6) is 0 Å². The van der Waals surface area contributed by atoms with Crippen LogP contribution in [0.1, 0.15) is 26.2 Å². The Morgan fingerprint density at radius 2 is 2.29 bits per heavy atom. The largest absolute Gasteiger partial charge is 0.345 e. The molecule has 0 saturated heterocycles. The molecule has 2 aromatic rings. The number of nitrogens with two attached hydrogens (primary N) is 1. The van der Waals surface area contributed by atoms with E-state index in [1.54, 1.807) is 6.07 Å². The van der Waals surface area contributed by atoms with Gasteiger partial charge in [0.05, 0.1) is 10.4 Å². The van der Waals surface area contributed by atoms with Crippen LogP contribution in [0.2, 0.25) is 5.02 Å². The zero-order valence-electron chi connectivity index (χ0n) is 11.8. The van der Waals surface area contributed by atoms with Crippen molar-refractivity contribution < 1.29 is 8.42 Å². The van der Waals surface area contributed by atoms with Gasteiger partial charge < -0.3 is 10.7 Å². The Hall–Kier alpha value is -1.15. The van der Waals surface area contributed by atoms with Crippen molar-refractivity contribution in [3.63, 3.8) is 0 Å². The molecule has 21 heavy (non-hydrogen) atoms. The van der Waals surface area contributed by atoms with Crippen LogP contribution in [0.4, 0.5) is 0 Å². The van der Waals surface area contributed by atoms with E-state index in [0.717, 1.165) is 12.8 Å². The quantitative estimate of drug-likeness (QED) is 0.722. The van der Waals surface area contributed by atoms with E-state index >= 15 is 0 Å². The van der Waals surface area contributed by atoms with Gasteiger partial charge >= 0.3 is 0 Å². The highest BCUT2D eigenvalue weighted by Crippen LogP contribution is 2.28. The number of hydrogen-bond donors (Lipinski definition) is 3. The number of pyridine rings is 1. The van der Waals surface area contributed by atoms with Crippen LogP contribution >= 0.6 is 11.6 Å². The molecular formula is C13H19ClN4O2S. The number of unbranched alkanes of at least 4 members (excludes halogenated alkanes) is 1. The molecule has 0 aliphatic heterocycles. The van der Waals surface area contributed by atoms with Gasteiger partial charge in [-0.05, 0) is 12.5 Å². The molecule has 2 aromatic heterocycles. The molecule has 0 radical (unpaired) electrons. The van der Waals surface area contributed by atoms with Crippen molar-refractivity contribution in [3.05, 3.63) is 23.5 Å². The van der Waals surface area contributed by atoms with Crippen LogP contribution in [-0.2, 0) is 10.0 Å². The fourth-order valence-corrected chi connectivity index (χ4v) is 3.93. The summed E-state index contributed by atoms with van der Waals surface area (Å²) in [4.78, 5) is 6.99. The van der Waals surface area contributed by atoms with Crippen LogP contribution in [-0.4, -0.2) is 31.0 Å². The van der Waals surface area contributed by atoms with Gasteiger partial charge in [-0.2, -0.15) is 0 Å². The van der Waals surface area contributed by atoms with Crippen molar-refractivity contribution in [2.24, 2.45) is 5.73 Å². The van der Waals surface area contributed by atoms with E-state index in [9.17, 15) is 8.42 Å². The van der Waals surface area contributed by atoms with Crippen LogP contribution in [0.15, 0.2) is 23.4 Å². The maximum atomic E-state index is 12.5. The standard InChI is InChI=1S/C13H19ClN4O2S/c1-2-3-4-9(7-15)18-21(19,20)11-8-17-13-12(11)10(14)5-6-16-13/h5-6,8-9,18H,2-4,7,15H2,1H3,(H,16,17). The van der Waals surface area contributed by atoms with E-state index in [0.29, 0.717) is 22.5 Å². The topological polar surface area (TPSA) is 101 Å². The summed E-state index contributed by atoms with van der Waals surface area (Å²) in [5, 5.41) is 0.748. The lowest BCUT2D eigenvalue weighted by molar-refractivity contribution is 0.517. The second-order valence-electron chi connectivity index (χ2n) is 4.87. The molecule has 6 nitrogen and oxygen atoms in total. The van der Waals surface area contributed by atoms with Gasteiger partial charge in [-0.25, -0.2) is 18.1 Å². The fourth-order valence-electron chi connectivity index (χ4n) is 2.16. The van der Waals surface area contributed by atoms with E-state index < -0.39 is 10.0 Å². The summed E-state index contributed by atoms with van der Waals surface area (Å²) >= 11 is 6.09. The first-order chi connectivity index (χ1) is 9.99. The van der Waals surface area contributed by atoms with Gasteiger partial charge in [-0.3, -0.25) is 0 Å². The van der Waals surface area contributed by atoms with Gasteiger partial charge in [0.1, 0.15) is 10.5 Å². The Morgan fingerprint density at radius 3 is 2.95 bits per heavy atom. The number of hydrogen-bond acceptors (Lipinski definition) is 4. The third kappa shape index (κ3) is 3.55. The molecule has 0 aliphatic carbocycles. The minimum atomic E-state index is -3.69. The zero-order chi connectivity index (χ0) is 15.5. The minimum Gasteiger partial charge on any atom is -0.345 e. The molecule has 0 saturated carbocycles. The molecule has 8 heteroatoms. The summed E-state index contributed by atoms with van der Waals surface area (Å²) in [5.74, 6) is 0. The molecular weight excluding hydrogens is 312 g/mol. The lowest BCUT2D eigenvalue weighted by atomic mass is 10.1. The van der Waals surface area contributed by atoms with E-state index in [-0.39, 0.29) is 17.5 Å². The Morgan fingerprint density at radius 1 is 1.52 bits per heavy atom. The molecule has 0 fully saturated rings. The minimum absolute atomic E-state index is 0.102. The maximum absolute atomic E-state index is 12.5. The first-order valence-electron chi connectivity index (χ1n) is 6.83. The molecule has 0 aromatic carbocycles. The first-order valence-corrected chi connectivity index (χ1v) is 8.69. The first kappa shape index (κ1) is 16.2. The van der Waals surface area contributed by atoms with Crippen molar-refractivity contribution in [2.75, 3.05) is 6.54 Å². The number of H-pyrrole nitrogens is 1. The molecule has 0 bridgehead atoms. The average Bonchev–Trinajstić information content (AvgIpc) is 2.89. The molecule has 116 valence electrons. The smallest absolute Gasteiger partial charge is 0.243 e. The predicted octanol–water partition coefficient (Wildman–Crippen LogP) is 2.01. The van der Waals surface area contributed by atoms with Crippen LogP contribution < -0.4 is 10.5 Å². The van der Waals surface area contributed by atoms with Gasteiger partial charge in [0.2, 0.25) is 10.0 Å². The van der Waals surface area contributed by atoms with E-state index in [4.69, 9.17) is 17.3 Å². The molecule has 0 aliphatic rings. The average molecular weight is 331 g/mol. The zero-order valence-corrected chi connectivity index (χ0v) is 13.3. The second-order valence-corrected chi connectivity index (χ2v) is 6.96. The van der Waals surface area contributed by atoms with Gasteiger partial charge in [0.25, 0.3) is 0 Å². The third-order valence-corrected chi connectivity index (χ3v) is 5.15. The van der Waals surface area contributed by atoms with Crippen molar-refractivity contribution in [2.45, 2.75) is 37.1 Å². The monoisotopic (exact) mass is 330 g/mol. The summed E-state index contributed by atoms with van der Waals surface area (Å²) in [6.45, 7) is 2.31. The maximum Gasteiger partial charge on any atom is 0.243 e. The SMILES string of the molecule is CCCCC(CN)NS(=O)(=O)c1c[nH]c2nccc(Cl)c12. The highest BCUT2D eigenvalue weighted by molar-refractivity contribution is 7.89. The molecule has 4 N–H and O–H groups in total. The third-order valence-electron chi connectivity index (χ3n) is 3.29. The van der Waals surface area contributed by atoms with E-state index in [2.05, 4.69) is 14.7 Å².